The van der Waals surface area contributed by atoms with Crippen LogP contribution in [0.3, 0.4) is 0 Å². The predicted molar refractivity (Wildman–Crippen MR) is 59.0 cm³/mol. The number of thiazole rings is 1. The maximum Gasteiger partial charge on any atom is 0.116 e. The van der Waals surface area contributed by atoms with Crippen LogP contribution in [0.25, 0.3) is 6.08 Å². The van der Waals surface area contributed by atoms with Crippen molar-refractivity contribution >= 4 is 17.4 Å². The smallest absolute Gasteiger partial charge is 0.116 e. The Morgan fingerprint density at radius 1 is 1.69 bits per heavy atom. The molecule has 1 N–H and O–H groups in total. The minimum absolute atomic E-state index is 0.421. The van der Waals surface area contributed by atoms with Gasteiger partial charge < -0.3 is 5.32 Å². The molecule has 72 valence electrons. The van der Waals surface area contributed by atoms with Gasteiger partial charge in [-0.05, 0) is 33.9 Å². The lowest BCUT2D eigenvalue weighted by atomic mass is 10.1. The molecule has 0 spiro atoms. The Balaban J connectivity index is 2.76. The Kier molecular flexibility index (Phi) is 3.63. The van der Waals surface area contributed by atoms with Crippen molar-refractivity contribution in [2.24, 2.45) is 0 Å². The van der Waals surface area contributed by atoms with Gasteiger partial charge in [0.15, 0.2) is 0 Å². The lowest BCUT2D eigenvalue weighted by Crippen LogP contribution is -2.21. The van der Waals surface area contributed by atoms with Crippen molar-refractivity contribution in [3.05, 3.63) is 21.7 Å². The summed E-state index contributed by atoms with van der Waals surface area (Å²) in [6.07, 6.45) is 2.14. The highest BCUT2D eigenvalue weighted by molar-refractivity contribution is 7.10. The molecule has 0 fully saturated rings. The van der Waals surface area contributed by atoms with E-state index in [9.17, 15) is 0 Å². The highest BCUT2D eigenvalue weighted by atomic mass is 32.1. The SMILES string of the molecule is CNC(C)/C(C)=C/c1nc(C)cs1. The van der Waals surface area contributed by atoms with Gasteiger partial charge in [-0.3, -0.25) is 0 Å². The fraction of sp³-hybridized carbons (Fsp3) is 0.500. The molecule has 0 saturated heterocycles. The Morgan fingerprint density at radius 2 is 2.38 bits per heavy atom. The van der Waals surface area contributed by atoms with Crippen LogP contribution in [0, 0.1) is 6.92 Å². The van der Waals surface area contributed by atoms with Gasteiger partial charge in [0.05, 0.1) is 0 Å². The van der Waals surface area contributed by atoms with Crippen LogP contribution in [0.1, 0.15) is 24.5 Å². The summed E-state index contributed by atoms with van der Waals surface area (Å²) in [5.74, 6) is 0. The van der Waals surface area contributed by atoms with E-state index in [0.717, 1.165) is 10.7 Å². The van der Waals surface area contributed by atoms with Crippen molar-refractivity contribution in [2.75, 3.05) is 7.05 Å². The number of nitrogens with one attached hydrogen (secondary N) is 1. The van der Waals surface area contributed by atoms with E-state index in [0.29, 0.717) is 6.04 Å². The monoisotopic (exact) mass is 196 g/mol. The van der Waals surface area contributed by atoms with Crippen LogP contribution in [0.15, 0.2) is 11.0 Å². The Bertz CT molecular complexity index is 302. The van der Waals surface area contributed by atoms with Crippen molar-refractivity contribution in [3.8, 4) is 0 Å². The maximum atomic E-state index is 4.38. The molecule has 3 heteroatoms. The molecule has 2 nitrogen and oxygen atoms in total. The zero-order chi connectivity index (χ0) is 9.84. The van der Waals surface area contributed by atoms with Gasteiger partial charge in [-0.15, -0.1) is 11.3 Å². The third kappa shape index (κ3) is 2.94. The van der Waals surface area contributed by atoms with E-state index in [1.807, 2.05) is 14.0 Å². The average molecular weight is 196 g/mol. The maximum absolute atomic E-state index is 4.38. The molecule has 0 aromatic carbocycles. The average Bonchev–Trinajstić information content (AvgIpc) is 2.49. The summed E-state index contributed by atoms with van der Waals surface area (Å²) in [5.41, 5.74) is 2.41. The third-order valence-electron chi connectivity index (χ3n) is 2.10. The van der Waals surface area contributed by atoms with E-state index in [2.05, 4.69) is 35.6 Å². The largest absolute Gasteiger partial charge is 0.314 e. The van der Waals surface area contributed by atoms with Crippen LogP contribution in [0.5, 0.6) is 0 Å². The molecule has 0 amide bonds. The van der Waals surface area contributed by atoms with Crippen molar-refractivity contribution in [1.82, 2.24) is 10.3 Å². The standard InChI is InChI=1S/C10H16N2S/c1-7(9(3)11-4)5-10-12-8(2)6-13-10/h5-6,9,11H,1-4H3/b7-5+. The fourth-order valence-corrected chi connectivity index (χ4v) is 1.78. The highest BCUT2D eigenvalue weighted by Gasteiger charge is 2.01. The number of hydrogen-bond acceptors (Lipinski definition) is 3. The Hall–Kier alpha value is -0.670. The first kappa shape index (κ1) is 10.4. The minimum Gasteiger partial charge on any atom is -0.314 e. The number of rotatable bonds is 3. The number of aryl methyl sites for hydroxylation is 1. The van der Waals surface area contributed by atoms with E-state index in [1.54, 1.807) is 11.3 Å². The molecule has 0 bridgehead atoms. The number of nitrogens with zero attached hydrogens (tertiary/aromatic N) is 1. The highest BCUT2D eigenvalue weighted by Crippen LogP contribution is 2.14. The zero-order valence-corrected chi connectivity index (χ0v) is 9.40. The summed E-state index contributed by atoms with van der Waals surface area (Å²) >= 11 is 1.69. The van der Waals surface area contributed by atoms with Crippen LogP contribution in [0.2, 0.25) is 0 Å². The van der Waals surface area contributed by atoms with E-state index < -0.39 is 0 Å². The van der Waals surface area contributed by atoms with Gasteiger partial charge >= 0.3 is 0 Å². The first-order valence-electron chi connectivity index (χ1n) is 4.41. The van der Waals surface area contributed by atoms with Gasteiger partial charge in [-0.1, -0.05) is 5.57 Å². The summed E-state index contributed by atoms with van der Waals surface area (Å²) < 4.78 is 0. The van der Waals surface area contributed by atoms with Crippen molar-refractivity contribution in [1.29, 1.82) is 0 Å². The molecule has 1 heterocycles. The fourth-order valence-electron chi connectivity index (χ4n) is 0.986. The molecule has 1 atom stereocenters. The number of likely N-dealkylation sites (N-methyl/N-ethyl adjacent to an activating group) is 1. The normalized spacial score (nSPS) is 14.6. The summed E-state index contributed by atoms with van der Waals surface area (Å²) in [6, 6.07) is 0.421. The molecule has 0 radical (unpaired) electrons. The lowest BCUT2D eigenvalue weighted by molar-refractivity contribution is 0.696. The Morgan fingerprint density at radius 3 is 2.85 bits per heavy atom. The van der Waals surface area contributed by atoms with Gasteiger partial charge in [-0.2, -0.15) is 0 Å². The van der Waals surface area contributed by atoms with E-state index in [-0.39, 0.29) is 0 Å². The van der Waals surface area contributed by atoms with Gasteiger partial charge in [0.1, 0.15) is 5.01 Å². The van der Waals surface area contributed by atoms with Crippen molar-refractivity contribution in [3.63, 3.8) is 0 Å². The lowest BCUT2D eigenvalue weighted by Gasteiger charge is -2.09. The van der Waals surface area contributed by atoms with E-state index in [4.69, 9.17) is 0 Å². The van der Waals surface area contributed by atoms with Crippen LogP contribution >= 0.6 is 11.3 Å². The van der Waals surface area contributed by atoms with Crippen LogP contribution < -0.4 is 5.32 Å². The van der Waals surface area contributed by atoms with Crippen LogP contribution in [-0.4, -0.2) is 18.1 Å². The Labute approximate surface area is 83.7 Å². The number of aromatic nitrogens is 1. The van der Waals surface area contributed by atoms with E-state index in [1.165, 1.54) is 5.57 Å². The summed E-state index contributed by atoms with van der Waals surface area (Å²) in [4.78, 5) is 4.38. The molecule has 13 heavy (non-hydrogen) atoms. The van der Waals surface area contributed by atoms with E-state index >= 15 is 0 Å². The van der Waals surface area contributed by atoms with Crippen LogP contribution in [-0.2, 0) is 0 Å². The van der Waals surface area contributed by atoms with Gasteiger partial charge in [-0.25, -0.2) is 4.98 Å². The van der Waals surface area contributed by atoms with Gasteiger partial charge in [0.25, 0.3) is 0 Å². The topological polar surface area (TPSA) is 24.9 Å². The molecule has 1 aromatic rings. The molecule has 0 saturated carbocycles. The predicted octanol–water partition coefficient (Wildman–Crippen LogP) is 2.46. The molecule has 0 aliphatic carbocycles. The van der Waals surface area contributed by atoms with Crippen molar-refractivity contribution < 1.29 is 0 Å². The second kappa shape index (κ2) is 4.53. The zero-order valence-electron chi connectivity index (χ0n) is 8.59. The molecular formula is C10H16N2S. The summed E-state index contributed by atoms with van der Waals surface area (Å²) in [5, 5.41) is 6.37. The van der Waals surface area contributed by atoms with Crippen LogP contribution in [0.4, 0.5) is 0 Å². The summed E-state index contributed by atoms with van der Waals surface area (Å²) in [7, 11) is 1.97. The number of hydrogen-bond donors (Lipinski definition) is 1. The third-order valence-corrected chi connectivity index (χ3v) is 3.01. The molecule has 1 rings (SSSR count). The van der Waals surface area contributed by atoms with Gasteiger partial charge in [0.2, 0.25) is 0 Å². The molecule has 1 aromatic heterocycles. The van der Waals surface area contributed by atoms with Gasteiger partial charge in [0, 0.05) is 17.1 Å². The molecular weight excluding hydrogens is 180 g/mol. The second-order valence-corrected chi connectivity index (χ2v) is 4.12. The summed E-state index contributed by atoms with van der Waals surface area (Å²) in [6.45, 7) is 6.29. The molecule has 1 unspecified atom stereocenters. The second-order valence-electron chi connectivity index (χ2n) is 3.23. The molecule has 0 aliphatic rings. The first-order chi connectivity index (χ1) is 6.13. The minimum atomic E-state index is 0.421. The molecule has 0 aliphatic heterocycles. The first-order valence-corrected chi connectivity index (χ1v) is 5.29. The van der Waals surface area contributed by atoms with Crippen molar-refractivity contribution in [2.45, 2.75) is 26.8 Å². The quantitative estimate of drug-likeness (QED) is 0.803.